The Kier molecular flexibility index (Phi) is 3.16. The molecular weight excluding hydrogens is 311 g/mol. The summed E-state index contributed by atoms with van der Waals surface area (Å²) in [5, 5.41) is 2.99. The summed E-state index contributed by atoms with van der Waals surface area (Å²) in [5.74, 6) is -0.766. The SMILES string of the molecule is CC1(C)C(NC(=O)c2cc(N)c(F)cc2Br)C1(C)C. The van der Waals surface area contributed by atoms with Crippen molar-refractivity contribution < 1.29 is 9.18 Å². The molecule has 1 aliphatic rings. The molecule has 0 radical (unpaired) electrons. The molecule has 0 heterocycles. The number of carbonyl (C=O) groups is 1. The average Bonchev–Trinajstić information content (AvgIpc) is 2.66. The summed E-state index contributed by atoms with van der Waals surface area (Å²) >= 11 is 3.19. The second kappa shape index (κ2) is 4.20. The van der Waals surface area contributed by atoms with E-state index < -0.39 is 5.82 Å². The molecule has 0 saturated heterocycles. The first-order chi connectivity index (χ1) is 8.59. The van der Waals surface area contributed by atoms with Gasteiger partial charge >= 0.3 is 0 Å². The van der Waals surface area contributed by atoms with Crippen LogP contribution in [0.4, 0.5) is 10.1 Å². The number of rotatable bonds is 2. The lowest BCUT2D eigenvalue weighted by molar-refractivity contribution is 0.0943. The topological polar surface area (TPSA) is 55.1 Å². The van der Waals surface area contributed by atoms with Crippen molar-refractivity contribution in [2.75, 3.05) is 5.73 Å². The minimum Gasteiger partial charge on any atom is -0.396 e. The zero-order valence-corrected chi connectivity index (χ0v) is 13.1. The molecule has 5 heteroatoms. The van der Waals surface area contributed by atoms with E-state index >= 15 is 0 Å². The van der Waals surface area contributed by atoms with Crippen molar-refractivity contribution in [3.8, 4) is 0 Å². The van der Waals surface area contributed by atoms with Crippen LogP contribution in [0.25, 0.3) is 0 Å². The van der Waals surface area contributed by atoms with Gasteiger partial charge in [-0.3, -0.25) is 4.79 Å². The molecule has 0 spiro atoms. The van der Waals surface area contributed by atoms with Crippen molar-refractivity contribution in [1.82, 2.24) is 5.32 Å². The monoisotopic (exact) mass is 328 g/mol. The van der Waals surface area contributed by atoms with Crippen LogP contribution in [-0.2, 0) is 0 Å². The Labute approximate surface area is 120 Å². The second-order valence-corrected chi connectivity index (χ2v) is 7.06. The number of nitrogens with two attached hydrogens (primary N) is 1. The summed E-state index contributed by atoms with van der Waals surface area (Å²) in [4.78, 5) is 12.2. The highest BCUT2D eigenvalue weighted by atomic mass is 79.9. The van der Waals surface area contributed by atoms with Crippen LogP contribution in [0.15, 0.2) is 16.6 Å². The van der Waals surface area contributed by atoms with Crippen molar-refractivity contribution in [1.29, 1.82) is 0 Å². The molecule has 0 aliphatic heterocycles. The van der Waals surface area contributed by atoms with Crippen LogP contribution < -0.4 is 11.1 Å². The van der Waals surface area contributed by atoms with Crippen LogP contribution in [0.3, 0.4) is 0 Å². The van der Waals surface area contributed by atoms with E-state index in [1.54, 1.807) is 0 Å². The third-order valence-corrected chi connectivity index (χ3v) is 5.28. The predicted octanol–water partition coefficient (Wildman–Crippen LogP) is 3.33. The van der Waals surface area contributed by atoms with Crippen molar-refractivity contribution in [3.05, 3.63) is 28.0 Å². The zero-order valence-electron chi connectivity index (χ0n) is 11.5. The van der Waals surface area contributed by atoms with Gasteiger partial charge in [-0.15, -0.1) is 0 Å². The van der Waals surface area contributed by atoms with Gasteiger partial charge < -0.3 is 11.1 Å². The van der Waals surface area contributed by atoms with Crippen LogP contribution in [0, 0.1) is 16.6 Å². The van der Waals surface area contributed by atoms with Gasteiger partial charge in [-0.2, -0.15) is 0 Å². The van der Waals surface area contributed by atoms with Crippen molar-refractivity contribution in [2.45, 2.75) is 33.7 Å². The molecule has 0 unspecified atom stereocenters. The molecule has 0 aromatic heterocycles. The Morgan fingerprint density at radius 3 is 2.32 bits per heavy atom. The van der Waals surface area contributed by atoms with E-state index in [1.807, 2.05) is 0 Å². The fourth-order valence-electron chi connectivity index (χ4n) is 2.51. The average molecular weight is 329 g/mol. The number of carbonyl (C=O) groups excluding carboxylic acids is 1. The number of benzene rings is 1. The third kappa shape index (κ3) is 2.14. The molecule has 1 aromatic carbocycles. The molecule has 1 aromatic rings. The summed E-state index contributed by atoms with van der Waals surface area (Å²) < 4.78 is 13.7. The van der Waals surface area contributed by atoms with Crippen molar-refractivity contribution >= 4 is 27.5 Å². The van der Waals surface area contributed by atoms with E-state index in [1.165, 1.54) is 12.1 Å². The van der Waals surface area contributed by atoms with Gasteiger partial charge in [0.25, 0.3) is 5.91 Å². The van der Waals surface area contributed by atoms with Crippen LogP contribution in [-0.4, -0.2) is 11.9 Å². The molecule has 1 saturated carbocycles. The highest BCUT2D eigenvalue weighted by molar-refractivity contribution is 9.10. The van der Waals surface area contributed by atoms with E-state index in [0.717, 1.165) is 0 Å². The van der Waals surface area contributed by atoms with Crippen LogP contribution >= 0.6 is 15.9 Å². The fraction of sp³-hybridized carbons (Fsp3) is 0.500. The van der Waals surface area contributed by atoms with E-state index in [9.17, 15) is 9.18 Å². The Balaban J connectivity index is 2.21. The van der Waals surface area contributed by atoms with E-state index in [0.29, 0.717) is 10.0 Å². The molecule has 104 valence electrons. The van der Waals surface area contributed by atoms with Crippen LogP contribution in [0.2, 0.25) is 0 Å². The fourth-order valence-corrected chi connectivity index (χ4v) is 3.00. The highest BCUT2D eigenvalue weighted by Gasteiger charge is 2.65. The number of anilines is 1. The number of amides is 1. The molecule has 1 fully saturated rings. The van der Waals surface area contributed by atoms with E-state index in [-0.39, 0.29) is 28.5 Å². The van der Waals surface area contributed by atoms with Gasteiger partial charge in [0, 0.05) is 10.5 Å². The molecule has 1 amide bonds. The minimum atomic E-state index is -0.532. The first-order valence-corrected chi connectivity index (χ1v) is 6.93. The van der Waals surface area contributed by atoms with Gasteiger partial charge in [-0.05, 0) is 38.9 Å². The number of halogens is 2. The molecule has 0 atom stereocenters. The molecule has 19 heavy (non-hydrogen) atoms. The summed E-state index contributed by atoms with van der Waals surface area (Å²) in [5.41, 5.74) is 5.95. The van der Waals surface area contributed by atoms with Crippen molar-refractivity contribution in [2.24, 2.45) is 10.8 Å². The van der Waals surface area contributed by atoms with Gasteiger partial charge in [-0.25, -0.2) is 4.39 Å². The summed E-state index contributed by atoms with van der Waals surface area (Å²) in [7, 11) is 0. The van der Waals surface area contributed by atoms with Crippen LogP contribution in [0.1, 0.15) is 38.1 Å². The third-order valence-electron chi connectivity index (χ3n) is 4.63. The number of hydrogen-bond donors (Lipinski definition) is 2. The highest BCUT2D eigenvalue weighted by Crippen LogP contribution is 2.62. The van der Waals surface area contributed by atoms with Crippen LogP contribution in [0.5, 0.6) is 0 Å². The summed E-state index contributed by atoms with van der Waals surface area (Å²) in [6, 6.07) is 2.68. The van der Waals surface area contributed by atoms with E-state index in [2.05, 4.69) is 48.9 Å². The van der Waals surface area contributed by atoms with Gasteiger partial charge in [0.2, 0.25) is 0 Å². The Morgan fingerprint density at radius 1 is 1.32 bits per heavy atom. The molecule has 3 N–H and O–H groups in total. The standard InChI is InChI=1S/C14H18BrFN2O/c1-13(2)12(14(13,3)4)18-11(19)7-5-10(17)9(16)6-8(7)15/h5-6,12H,17H2,1-4H3,(H,18,19). The Morgan fingerprint density at radius 2 is 1.84 bits per heavy atom. The van der Waals surface area contributed by atoms with Gasteiger partial charge in [0.15, 0.2) is 0 Å². The lowest BCUT2D eigenvalue weighted by Crippen LogP contribution is -2.30. The summed E-state index contributed by atoms with van der Waals surface area (Å²) in [6.45, 7) is 8.47. The lowest BCUT2D eigenvalue weighted by Gasteiger charge is -2.09. The molecular formula is C14H18BrFN2O. The van der Waals surface area contributed by atoms with Gasteiger partial charge in [-0.1, -0.05) is 27.7 Å². The smallest absolute Gasteiger partial charge is 0.252 e. The normalized spacial score (nSPS) is 20.1. The Hall–Kier alpha value is -1.10. The largest absolute Gasteiger partial charge is 0.396 e. The van der Waals surface area contributed by atoms with Gasteiger partial charge in [0.1, 0.15) is 5.82 Å². The number of nitrogens with one attached hydrogen (secondary N) is 1. The molecule has 0 bridgehead atoms. The molecule has 1 aliphatic carbocycles. The first kappa shape index (κ1) is 14.3. The predicted molar refractivity (Wildman–Crippen MR) is 77.3 cm³/mol. The van der Waals surface area contributed by atoms with E-state index in [4.69, 9.17) is 5.73 Å². The van der Waals surface area contributed by atoms with Crippen molar-refractivity contribution in [3.63, 3.8) is 0 Å². The Bertz CT molecular complexity index is 541. The quantitative estimate of drug-likeness (QED) is 0.818. The lowest BCUT2D eigenvalue weighted by atomic mass is 10.0. The molecule has 2 rings (SSSR count). The minimum absolute atomic E-state index is 0.0253. The second-order valence-electron chi connectivity index (χ2n) is 6.20. The number of hydrogen-bond acceptors (Lipinski definition) is 2. The van der Waals surface area contributed by atoms with Gasteiger partial charge in [0.05, 0.1) is 11.3 Å². The summed E-state index contributed by atoms with van der Waals surface area (Å²) in [6.07, 6.45) is 0. The first-order valence-electron chi connectivity index (χ1n) is 6.14. The maximum atomic E-state index is 13.3. The maximum Gasteiger partial charge on any atom is 0.252 e. The zero-order chi connectivity index (χ0) is 14.6. The maximum absolute atomic E-state index is 13.3. The number of nitrogen functional groups attached to an aromatic ring is 1. The molecule has 3 nitrogen and oxygen atoms in total.